The maximum absolute atomic E-state index is 12.5. The van der Waals surface area contributed by atoms with Crippen LogP contribution in [-0.2, 0) is 12.1 Å². The van der Waals surface area contributed by atoms with Crippen LogP contribution in [-0.4, -0.2) is 37.4 Å². The zero-order valence-corrected chi connectivity index (χ0v) is 20.4. The van der Waals surface area contributed by atoms with Gasteiger partial charge in [-0.25, -0.2) is 4.99 Å². The predicted molar refractivity (Wildman–Crippen MR) is 125 cm³/mol. The van der Waals surface area contributed by atoms with Gasteiger partial charge in [0.15, 0.2) is 17.5 Å². The lowest BCUT2D eigenvalue weighted by molar-refractivity contribution is -0.0514. The fraction of sp³-hybridized carbons (Fsp3) is 0.476. The molecule has 2 aromatic rings. The number of hydrogen-bond donors (Lipinski definition) is 3. The molecule has 1 atom stereocenters. The van der Waals surface area contributed by atoms with Crippen LogP contribution in [0.25, 0.3) is 0 Å². The molecule has 31 heavy (non-hydrogen) atoms. The first-order valence-electron chi connectivity index (χ1n) is 9.77. The topological polar surface area (TPSA) is 88.3 Å². The van der Waals surface area contributed by atoms with E-state index in [4.69, 9.17) is 9.15 Å². The highest BCUT2D eigenvalue weighted by Gasteiger charge is 2.27. The fourth-order valence-electron chi connectivity index (χ4n) is 2.69. The van der Waals surface area contributed by atoms with Gasteiger partial charge >= 0.3 is 6.61 Å². The molecule has 1 aromatic heterocycles. The van der Waals surface area contributed by atoms with E-state index in [9.17, 15) is 13.9 Å². The molecular weight excluding hydrogens is 523 g/mol. The van der Waals surface area contributed by atoms with E-state index in [1.807, 2.05) is 13.8 Å². The van der Waals surface area contributed by atoms with Crippen LogP contribution in [0.2, 0.25) is 0 Å². The van der Waals surface area contributed by atoms with Gasteiger partial charge in [0, 0.05) is 6.54 Å². The Morgan fingerprint density at radius 1 is 1.19 bits per heavy atom. The third kappa shape index (κ3) is 8.52. The summed E-state index contributed by atoms with van der Waals surface area (Å²) in [6.07, 6.45) is 0. The molecule has 1 unspecified atom stereocenters. The van der Waals surface area contributed by atoms with Crippen LogP contribution in [0.4, 0.5) is 8.78 Å². The molecule has 7 nitrogen and oxygen atoms in total. The van der Waals surface area contributed by atoms with Crippen molar-refractivity contribution >= 4 is 29.9 Å². The second-order valence-corrected chi connectivity index (χ2v) is 6.83. The van der Waals surface area contributed by atoms with Gasteiger partial charge in [-0.1, -0.05) is 6.07 Å². The smallest absolute Gasteiger partial charge is 0.387 e. The Hall–Kier alpha value is -2.08. The second kappa shape index (κ2) is 12.7. The van der Waals surface area contributed by atoms with Crippen LogP contribution >= 0.6 is 24.0 Å². The van der Waals surface area contributed by atoms with Crippen molar-refractivity contribution < 1.29 is 27.8 Å². The van der Waals surface area contributed by atoms with Gasteiger partial charge in [-0.05, 0) is 57.5 Å². The van der Waals surface area contributed by atoms with Crippen molar-refractivity contribution in [2.45, 2.75) is 46.5 Å². The average molecular weight is 553 g/mol. The van der Waals surface area contributed by atoms with E-state index in [1.165, 1.54) is 6.07 Å². The van der Waals surface area contributed by atoms with E-state index < -0.39 is 12.2 Å². The van der Waals surface area contributed by atoms with Gasteiger partial charge < -0.3 is 29.6 Å². The molecule has 0 aliphatic carbocycles. The molecule has 0 fully saturated rings. The molecular formula is C21H30F2IN3O4. The summed E-state index contributed by atoms with van der Waals surface area (Å²) in [7, 11) is 0. The third-order valence-corrected chi connectivity index (χ3v) is 4.16. The molecule has 1 heterocycles. The van der Waals surface area contributed by atoms with E-state index in [-0.39, 0.29) is 48.6 Å². The lowest BCUT2D eigenvalue weighted by atomic mass is 10.0. The van der Waals surface area contributed by atoms with Crippen molar-refractivity contribution in [3.63, 3.8) is 0 Å². The van der Waals surface area contributed by atoms with Crippen LogP contribution in [0.3, 0.4) is 0 Å². The Morgan fingerprint density at radius 2 is 1.94 bits per heavy atom. The minimum Gasteiger partial charge on any atom is -0.490 e. The number of rotatable bonds is 10. The van der Waals surface area contributed by atoms with Crippen LogP contribution in [0.15, 0.2) is 39.7 Å². The number of guanidine groups is 1. The summed E-state index contributed by atoms with van der Waals surface area (Å²) in [5, 5.41) is 16.9. The maximum atomic E-state index is 12.5. The molecule has 0 saturated heterocycles. The molecule has 0 spiro atoms. The van der Waals surface area contributed by atoms with Gasteiger partial charge in [-0.2, -0.15) is 8.78 Å². The Bertz CT molecular complexity index is 844. The minimum absolute atomic E-state index is 0. The summed E-state index contributed by atoms with van der Waals surface area (Å²) in [6, 6.07) is 8.23. The number of benzene rings is 1. The normalized spacial score (nSPS) is 13.4. The molecule has 0 aliphatic rings. The summed E-state index contributed by atoms with van der Waals surface area (Å²) in [5.74, 6) is 1.88. The van der Waals surface area contributed by atoms with Crippen molar-refractivity contribution in [2.75, 3.05) is 19.7 Å². The highest BCUT2D eigenvalue weighted by Crippen LogP contribution is 2.30. The SMILES string of the molecule is CCNC(=NCc1ccc(OC(F)F)c(OCC)c1)NCC(C)(O)c1ccc(C)o1.I. The number of furan rings is 1. The molecule has 174 valence electrons. The summed E-state index contributed by atoms with van der Waals surface area (Å²) in [6.45, 7) is 5.61. The first-order valence-corrected chi connectivity index (χ1v) is 9.77. The van der Waals surface area contributed by atoms with Gasteiger partial charge in [0.2, 0.25) is 0 Å². The minimum atomic E-state index is -2.93. The summed E-state index contributed by atoms with van der Waals surface area (Å²) in [4.78, 5) is 4.49. The summed E-state index contributed by atoms with van der Waals surface area (Å²) in [5.41, 5.74) is -0.466. The van der Waals surface area contributed by atoms with Gasteiger partial charge in [0.05, 0.1) is 19.7 Å². The Morgan fingerprint density at radius 3 is 2.52 bits per heavy atom. The van der Waals surface area contributed by atoms with Crippen LogP contribution in [0.5, 0.6) is 11.5 Å². The molecule has 3 N–H and O–H groups in total. The summed E-state index contributed by atoms with van der Waals surface area (Å²) >= 11 is 0. The van der Waals surface area contributed by atoms with E-state index >= 15 is 0 Å². The van der Waals surface area contributed by atoms with Gasteiger partial charge in [-0.15, -0.1) is 24.0 Å². The van der Waals surface area contributed by atoms with Crippen molar-refractivity contribution in [3.8, 4) is 11.5 Å². The standard InChI is InChI=1S/C21H29F2N3O4.HI/c1-5-24-20(26-13-21(4,27)18-10-7-14(3)29-18)25-12-15-8-9-16(30-19(22)23)17(11-15)28-6-2;/h7-11,19,27H,5-6,12-13H2,1-4H3,(H2,24,25,26);1H. The maximum Gasteiger partial charge on any atom is 0.387 e. The van der Waals surface area contributed by atoms with Crippen molar-refractivity contribution in [2.24, 2.45) is 4.99 Å². The highest BCUT2D eigenvalue weighted by atomic mass is 127. The molecule has 0 amide bonds. The number of aliphatic hydroxyl groups is 1. The van der Waals surface area contributed by atoms with E-state index in [2.05, 4.69) is 20.4 Å². The molecule has 10 heteroatoms. The number of nitrogens with zero attached hydrogens (tertiary/aromatic N) is 1. The molecule has 0 aliphatic heterocycles. The Kier molecular flexibility index (Phi) is 11.0. The lowest BCUT2D eigenvalue weighted by Gasteiger charge is -2.23. The average Bonchev–Trinajstić information content (AvgIpc) is 3.13. The number of aryl methyl sites for hydroxylation is 1. The number of nitrogens with one attached hydrogen (secondary N) is 2. The zero-order chi connectivity index (χ0) is 22.1. The van der Waals surface area contributed by atoms with Gasteiger partial charge in [0.25, 0.3) is 0 Å². The van der Waals surface area contributed by atoms with Gasteiger partial charge in [0.1, 0.15) is 17.1 Å². The number of hydrogen-bond acceptors (Lipinski definition) is 5. The predicted octanol–water partition coefficient (Wildman–Crippen LogP) is 4.17. The van der Waals surface area contributed by atoms with E-state index in [0.717, 1.165) is 11.3 Å². The Balaban J connectivity index is 0.00000480. The molecule has 0 radical (unpaired) electrons. The molecule has 0 bridgehead atoms. The highest BCUT2D eigenvalue weighted by molar-refractivity contribution is 14.0. The fourth-order valence-corrected chi connectivity index (χ4v) is 2.69. The second-order valence-electron chi connectivity index (χ2n) is 6.83. The number of ether oxygens (including phenoxy) is 2. The first-order chi connectivity index (χ1) is 14.2. The van der Waals surface area contributed by atoms with Crippen molar-refractivity contribution in [3.05, 3.63) is 47.4 Å². The largest absolute Gasteiger partial charge is 0.490 e. The Labute approximate surface area is 198 Å². The number of halogens is 3. The van der Waals surface area contributed by atoms with E-state index in [0.29, 0.717) is 24.9 Å². The molecule has 0 saturated carbocycles. The quantitative estimate of drug-likeness (QED) is 0.233. The van der Waals surface area contributed by atoms with Crippen molar-refractivity contribution in [1.82, 2.24) is 10.6 Å². The number of aliphatic imine (C=N–C) groups is 1. The van der Waals surface area contributed by atoms with Gasteiger partial charge in [-0.3, -0.25) is 0 Å². The lowest BCUT2D eigenvalue weighted by Crippen LogP contribution is -2.44. The zero-order valence-electron chi connectivity index (χ0n) is 18.1. The van der Waals surface area contributed by atoms with Crippen molar-refractivity contribution in [1.29, 1.82) is 0 Å². The van der Waals surface area contributed by atoms with Crippen LogP contribution in [0, 0.1) is 6.92 Å². The van der Waals surface area contributed by atoms with Crippen LogP contribution in [0.1, 0.15) is 37.9 Å². The summed E-state index contributed by atoms with van der Waals surface area (Å²) < 4.78 is 40.5. The monoisotopic (exact) mass is 553 g/mol. The van der Waals surface area contributed by atoms with E-state index in [1.54, 1.807) is 38.1 Å². The first kappa shape index (κ1) is 27.0. The third-order valence-electron chi connectivity index (χ3n) is 4.16. The molecule has 1 aromatic carbocycles. The number of alkyl halides is 2. The molecule has 2 rings (SSSR count). The van der Waals surface area contributed by atoms with Crippen LogP contribution < -0.4 is 20.1 Å².